The van der Waals surface area contributed by atoms with Crippen LogP contribution in [0.3, 0.4) is 0 Å². The van der Waals surface area contributed by atoms with Crippen molar-refractivity contribution in [1.29, 1.82) is 0 Å². The molecule has 1 rings (SSSR count). The summed E-state index contributed by atoms with van der Waals surface area (Å²) in [6.45, 7) is 6.34. The van der Waals surface area contributed by atoms with E-state index in [1.165, 1.54) is 0 Å². The van der Waals surface area contributed by atoms with Crippen LogP contribution in [-0.4, -0.2) is 36.8 Å². The summed E-state index contributed by atoms with van der Waals surface area (Å²) in [6, 6.07) is 0. The van der Waals surface area contributed by atoms with Crippen LogP contribution in [0.5, 0.6) is 0 Å². The molecule has 3 N–H and O–H groups in total. The molecule has 4 nitrogen and oxygen atoms in total. The van der Waals surface area contributed by atoms with E-state index in [0.717, 1.165) is 38.8 Å². The second-order valence-corrected chi connectivity index (χ2v) is 5.06. The molecule has 0 aliphatic carbocycles. The predicted molar refractivity (Wildman–Crippen MR) is 64.1 cm³/mol. The van der Waals surface area contributed by atoms with Gasteiger partial charge in [0.2, 0.25) is 5.91 Å². The van der Waals surface area contributed by atoms with Gasteiger partial charge in [-0.05, 0) is 45.7 Å². The third kappa shape index (κ3) is 4.10. The molecule has 1 aliphatic rings. The van der Waals surface area contributed by atoms with Gasteiger partial charge in [-0.15, -0.1) is 0 Å². The number of rotatable bonds is 5. The van der Waals surface area contributed by atoms with Crippen LogP contribution in [0.1, 0.15) is 39.5 Å². The lowest BCUT2D eigenvalue weighted by Crippen LogP contribution is -2.46. The van der Waals surface area contributed by atoms with Crippen molar-refractivity contribution < 1.29 is 9.90 Å². The molecule has 1 fully saturated rings. The molecule has 0 aromatic heterocycles. The second-order valence-electron chi connectivity index (χ2n) is 5.06. The average Bonchev–Trinajstić information content (AvgIpc) is 2.25. The van der Waals surface area contributed by atoms with Crippen molar-refractivity contribution >= 4 is 5.91 Å². The molecular weight excluding hydrogens is 204 g/mol. The lowest BCUT2D eigenvalue weighted by Gasteiger charge is -2.32. The fraction of sp³-hybridized carbons (Fsp3) is 0.917. The summed E-state index contributed by atoms with van der Waals surface area (Å²) in [5, 5.41) is 15.3. The van der Waals surface area contributed by atoms with Crippen LogP contribution < -0.4 is 10.6 Å². The Kier molecular flexibility index (Phi) is 5.22. The fourth-order valence-electron chi connectivity index (χ4n) is 2.02. The van der Waals surface area contributed by atoms with E-state index in [2.05, 4.69) is 10.6 Å². The van der Waals surface area contributed by atoms with Crippen molar-refractivity contribution in [3.05, 3.63) is 0 Å². The van der Waals surface area contributed by atoms with Crippen LogP contribution in [0.2, 0.25) is 0 Å². The molecule has 0 radical (unpaired) electrons. The highest BCUT2D eigenvalue weighted by Gasteiger charge is 2.33. The Hall–Kier alpha value is -0.610. The number of carbonyl (C=O) groups is 1. The molecule has 1 unspecified atom stereocenters. The van der Waals surface area contributed by atoms with Gasteiger partial charge in [0.1, 0.15) is 0 Å². The number of aliphatic hydroxyl groups is 1. The van der Waals surface area contributed by atoms with E-state index in [-0.39, 0.29) is 17.4 Å². The van der Waals surface area contributed by atoms with Crippen LogP contribution in [0.4, 0.5) is 0 Å². The van der Waals surface area contributed by atoms with E-state index in [9.17, 15) is 4.79 Å². The van der Waals surface area contributed by atoms with Crippen molar-refractivity contribution in [3.63, 3.8) is 0 Å². The van der Waals surface area contributed by atoms with Crippen molar-refractivity contribution in [2.24, 2.45) is 5.41 Å². The standard InChI is InChI=1S/C12H24N2O2/c1-10(15)4-3-7-14-11(16)12(2)5-8-13-9-6-12/h10,13,15H,3-9H2,1-2H3,(H,14,16). The SMILES string of the molecule is CC(O)CCCNC(=O)C1(C)CCNCC1. The van der Waals surface area contributed by atoms with Gasteiger partial charge in [0.25, 0.3) is 0 Å². The highest BCUT2D eigenvalue weighted by Crippen LogP contribution is 2.27. The van der Waals surface area contributed by atoms with E-state index in [4.69, 9.17) is 5.11 Å². The van der Waals surface area contributed by atoms with Gasteiger partial charge in [0.15, 0.2) is 0 Å². The third-order valence-corrected chi connectivity index (χ3v) is 3.34. The number of piperidine rings is 1. The smallest absolute Gasteiger partial charge is 0.226 e. The summed E-state index contributed by atoms with van der Waals surface area (Å²) in [7, 11) is 0. The van der Waals surface area contributed by atoms with Gasteiger partial charge < -0.3 is 15.7 Å². The maximum absolute atomic E-state index is 12.0. The molecule has 16 heavy (non-hydrogen) atoms. The van der Waals surface area contributed by atoms with Gasteiger partial charge >= 0.3 is 0 Å². The summed E-state index contributed by atoms with van der Waals surface area (Å²) in [4.78, 5) is 12.0. The van der Waals surface area contributed by atoms with Gasteiger partial charge in [-0.1, -0.05) is 6.92 Å². The molecule has 1 atom stereocenters. The minimum atomic E-state index is -0.272. The number of aliphatic hydroxyl groups excluding tert-OH is 1. The van der Waals surface area contributed by atoms with Gasteiger partial charge in [-0.2, -0.15) is 0 Å². The maximum atomic E-state index is 12.0. The average molecular weight is 228 g/mol. The Morgan fingerprint density at radius 2 is 2.12 bits per heavy atom. The number of nitrogens with one attached hydrogen (secondary N) is 2. The predicted octanol–water partition coefficient (Wildman–Crippen LogP) is 0.653. The molecule has 1 heterocycles. The molecular formula is C12H24N2O2. The zero-order valence-electron chi connectivity index (χ0n) is 10.4. The molecule has 0 aromatic carbocycles. The summed E-state index contributed by atoms with van der Waals surface area (Å²) in [5.41, 5.74) is -0.198. The Balaban J connectivity index is 2.23. The van der Waals surface area contributed by atoms with E-state index >= 15 is 0 Å². The lowest BCUT2D eigenvalue weighted by molar-refractivity contribution is -0.131. The summed E-state index contributed by atoms with van der Waals surface area (Å²) >= 11 is 0. The molecule has 94 valence electrons. The number of amides is 1. The maximum Gasteiger partial charge on any atom is 0.226 e. The Morgan fingerprint density at radius 3 is 2.69 bits per heavy atom. The van der Waals surface area contributed by atoms with E-state index in [0.29, 0.717) is 6.54 Å². The molecule has 0 aromatic rings. The Morgan fingerprint density at radius 1 is 1.50 bits per heavy atom. The van der Waals surface area contributed by atoms with Crippen molar-refractivity contribution in [1.82, 2.24) is 10.6 Å². The minimum Gasteiger partial charge on any atom is -0.393 e. The largest absolute Gasteiger partial charge is 0.393 e. The van der Waals surface area contributed by atoms with Gasteiger partial charge in [-0.3, -0.25) is 4.79 Å². The second kappa shape index (κ2) is 6.21. The van der Waals surface area contributed by atoms with Gasteiger partial charge in [-0.25, -0.2) is 0 Å². The molecule has 0 spiro atoms. The van der Waals surface area contributed by atoms with Crippen LogP contribution in [-0.2, 0) is 4.79 Å². The van der Waals surface area contributed by atoms with Crippen LogP contribution >= 0.6 is 0 Å². The highest BCUT2D eigenvalue weighted by molar-refractivity contribution is 5.82. The van der Waals surface area contributed by atoms with Crippen molar-refractivity contribution in [2.75, 3.05) is 19.6 Å². The lowest BCUT2D eigenvalue weighted by atomic mass is 9.80. The molecule has 1 saturated heterocycles. The molecule has 4 heteroatoms. The quantitative estimate of drug-likeness (QED) is 0.606. The minimum absolute atomic E-state index is 0.166. The Labute approximate surface area is 97.8 Å². The van der Waals surface area contributed by atoms with E-state index in [1.807, 2.05) is 6.92 Å². The van der Waals surface area contributed by atoms with E-state index in [1.54, 1.807) is 6.92 Å². The topological polar surface area (TPSA) is 61.4 Å². The highest BCUT2D eigenvalue weighted by atomic mass is 16.3. The van der Waals surface area contributed by atoms with Crippen LogP contribution in [0.25, 0.3) is 0 Å². The normalized spacial score (nSPS) is 21.4. The van der Waals surface area contributed by atoms with Gasteiger partial charge in [0.05, 0.1) is 6.10 Å². The molecule has 1 aliphatic heterocycles. The summed E-state index contributed by atoms with van der Waals surface area (Å²) in [5.74, 6) is 0.166. The first kappa shape index (κ1) is 13.5. The third-order valence-electron chi connectivity index (χ3n) is 3.34. The van der Waals surface area contributed by atoms with Gasteiger partial charge in [0, 0.05) is 12.0 Å². The first-order valence-corrected chi connectivity index (χ1v) is 6.22. The van der Waals surface area contributed by atoms with Crippen molar-refractivity contribution in [2.45, 2.75) is 45.6 Å². The van der Waals surface area contributed by atoms with Crippen molar-refractivity contribution in [3.8, 4) is 0 Å². The van der Waals surface area contributed by atoms with Crippen LogP contribution in [0.15, 0.2) is 0 Å². The van der Waals surface area contributed by atoms with Crippen LogP contribution in [0, 0.1) is 5.41 Å². The number of hydrogen-bond donors (Lipinski definition) is 3. The monoisotopic (exact) mass is 228 g/mol. The number of hydrogen-bond acceptors (Lipinski definition) is 3. The molecule has 1 amide bonds. The zero-order chi connectivity index (χ0) is 12.0. The fourth-order valence-corrected chi connectivity index (χ4v) is 2.02. The molecule has 0 saturated carbocycles. The zero-order valence-corrected chi connectivity index (χ0v) is 10.4. The first-order valence-electron chi connectivity index (χ1n) is 6.22. The van der Waals surface area contributed by atoms with E-state index < -0.39 is 0 Å². The first-order chi connectivity index (χ1) is 7.54. The summed E-state index contributed by atoms with van der Waals surface area (Å²) < 4.78 is 0. The summed E-state index contributed by atoms with van der Waals surface area (Å²) in [6.07, 6.45) is 3.15. The Bertz CT molecular complexity index is 223. The number of carbonyl (C=O) groups excluding carboxylic acids is 1. The molecule has 0 bridgehead atoms.